The van der Waals surface area contributed by atoms with E-state index in [1.165, 1.54) is 13.2 Å². The second-order valence-electron chi connectivity index (χ2n) is 2.58. The molecule has 1 N–H and O–H groups in total. The molecule has 1 amide bonds. The van der Waals surface area contributed by atoms with Crippen LogP contribution in [0.1, 0.15) is 21.7 Å². The summed E-state index contributed by atoms with van der Waals surface area (Å²) in [6, 6.07) is 4.99. The van der Waals surface area contributed by atoms with E-state index in [4.69, 9.17) is 5.26 Å². The number of hydroxylamine groups is 1. The van der Waals surface area contributed by atoms with Crippen molar-refractivity contribution < 1.29 is 9.63 Å². The van der Waals surface area contributed by atoms with Crippen molar-refractivity contribution in [1.82, 2.24) is 10.5 Å². The Hall–Kier alpha value is -1.93. The lowest BCUT2D eigenvalue weighted by Crippen LogP contribution is -2.23. The number of pyridine rings is 1. The summed E-state index contributed by atoms with van der Waals surface area (Å²) in [6.45, 7) is 1.67. The van der Waals surface area contributed by atoms with Gasteiger partial charge in [-0.3, -0.25) is 9.63 Å². The van der Waals surface area contributed by atoms with Gasteiger partial charge in [-0.05, 0) is 19.1 Å². The van der Waals surface area contributed by atoms with Crippen LogP contribution in [0, 0.1) is 18.3 Å². The van der Waals surface area contributed by atoms with E-state index in [1.54, 1.807) is 13.0 Å². The van der Waals surface area contributed by atoms with Gasteiger partial charge in [0.15, 0.2) is 0 Å². The first-order valence-corrected chi connectivity index (χ1v) is 3.90. The van der Waals surface area contributed by atoms with Crippen molar-refractivity contribution in [2.45, 2.75) is 6.92 Å². The molecular weight excluding hydrogens is 182 g/mol. The SMILES string of the molecule is CONC(=O)c1ccc(C#N)c(C)n1. The summed E-state index contributed by atoms with van der Waals surface area (Å²) in [7, 11) is 1.34. The van der Waals surface area contributed by atoms with E-state index < -0.39 is 5.91 Å². The molecule has 14 heavy (non-hydrogen) atoms. The van der Waals surface area contributed by atoms with E-state index in [1.807, 2.05) is 6.07 Å². The molecule has 0 spiro atoms. The van der Waals surface area contributed by atoms with Crippen LogP contribution in [0.25, 0.3) is 0 Å². The Balaban J connectivity index is 2.98. The van der Waals surface area contributed by atoms with Crippen molar-refractivity contribution in [1.29, 1.82) is 5.26 Å². The third-order valence-corrected chi connectivity index (χ3v) is 1.63. The van der Waals surface area contributed by atoms with E-state index in [9.17, 15) is 4.79 Å². The van der Waals surface area contributed by atoms with Gasteiger partial charge < -0.3 is 0 Å². The van der Waals surface area contributed by atoms with E-state index >= 15 is 0 Å². The summed E-state index contributed by atoms with van der Waals surface area (Å²) in [6.07, 6.45) is 0. The molecule has 0 aliphatic heterocycles. The monoisotopic (exact) mass is 191 g/mol. The van der Waals surface area contributed by atoms with E-state index in [0.29, 0.717) is 11.3 Å². The number of nitrogens with zero attached hydrogens (tertiary/aromatic N) is 2. The van der Waals surface area contributed by atoms with E-state index in [-0.39, 0.29) is 5.69 Å². The standard InChI is InChI=1S/C9H9N3O2/c1-6-7(5-10)3-4-8(11-6)9(13)12-14-2/h3-4H,1-2H3,(H,12,13). The summed E-state index contributed by atoms with van der Waals surface area (Å²) in [5, 5.41) is 8.64. The van der Waals surface area contributed by atoms with Crippen molar-refractivity contribution in [3.63, 3.8) is 0 Å². The Morgan fingerprint density at radius 3 is 2.86 bits per heavy atom. The molecule has 5 nitrogen and oxygen atoms in total. The highest BCUT2D eigenvalue weighted by atomic mass is 16.6. The molecule has 0 fully saturated rings. The normalized spacial score (nSPS) is 9.21. The van der Waals surface area contributed by atoms with E-state index in [2.05, 4.69) is 15.3 Å². The smallest absolute Gasteiger partial charge is 0.277 e. The maximum Gasteiger partial charge on any atom is 0.293 e. The number of rotatable bonds is 2. The van der Waals surface area contributed by atoms with Crippen LogP contribution >= 0.6 is 0 Å². The average molecular weight is 191 g/mol. The number of hydrogen-bond donors (Lipinski definition) is 1. The molecule has 0 aliphatic carbocycles. The van der Waals surface area contributed by atoms with Crippen LogP contribution in [0.4, 0.5) is 0 Å². The molecule has 0 aliphatic rings. The predicted molar refractivity (Wildman–Crippen MR) is 48.2 cm³/mol. The minimum Gasteiger partial charge on any atom is -0.277 e. The Labute approximate surface area is 81.3 Å². The number of aromatic nitrogens is 1. The van der Waals surface area contributed by atoms with Crippen LogP contribution in [0.2, 0.25) is 0 Å². The molecule has 0 saturated heterocycles. The largest absolute Gasteiger partial charge is 0.293 e. The fraction of sp³-hybridized carbons (Fsp3) is 0.222. The minimum atomic E-state index is -0.430. The molecule has 0 bridgehead atoms. The molecule has 0 saturated carbocycles. The Morgan fingerprint density at radius 2 is 2.36 bits per heavy atom. The average Bonchev–Trinajstić information content (AvgIpc) is 2.18. The number of nitriles is 1. The molecule has 0 atom stereocenters. The lowest BCUT2D eigenvalue weighted by atomic mass is 10.2. The number of amides is 1. The highest BCUT2D eigenvalue weighted by molar-refractivity contribution is 5.91. The van der Waals surface area contributed by atoms with Crippen molar-refractivity contribution >= 4 is 5.91 Å². The van der Waals surface area contributed by atoms with Gasteiger partial charge in [0.25, 0.3) is 5.91 Å². The molecule has 0 radical (unpaired) electrons. The molecule has 1 aromatic heterocycles. The first kappa shape index (κ1) is 10.2. The molecule has 72 valence electrons. The second kappa shape index (κ2) is 4.35. The first-order valence-electron chi connectivity index (χ1n) is 3.90. The topological polar surface area (TPSA) is 75.0 Å². The Bertz CT molecular complexity index is 396. The van der Waals surface area contributed by atoms with Crippen LogP contribution in [-0.2, 0) is 4.84 Å². The summed E-state index contributed by atoms with van der Waals surface area (Å²) >= 11 is 0. The summed E-state index contributed by atoms with van der Waals surface area (Å²) in [5.41, 5.74) is 3.35. The highest BCUT2D eigenvalue weighted by Crippen LogP contribution is 2.05. The van der Waals surface area contributed by atoms with Gasteiger partial charge in [0.05, 0.1) is 18.4 Å². The van der Waals surface area contributed by atoms with Gasteiger partial charge in [-0.15, -0.1) is 0 Å². The fourth-order valence-corrected chi connectivity index (χ4v) is 0.951. The third-order valence-electron chi connectivity index (χ3n) is 1.63. The van der Waals surface area contributed by atoms with Gasteiger partial charge in [0, 0.05) is 0 Å². The summed E-state index contributed by atoms with van der Waals surface area (Å²) in [5.74, 6) is -0.430. The van der Waals surface area contributed by atoms with Gasteiger partial charge in [0.1, 0.15) is 11.8 Å². The van der Waals surface area contributed by atoms with Gasteiger partial charge in [-0.2, -0.15) is 5.26 Å². The molecule has 5 heteroatoms. The lowest BCUT2D eigenvalue weighted by molar-refractivity contribution is 0.0532. The minimum absolute atomic E-state index is 0.225. The van der Waals surface area contributed by atoms with Crippen molar-refractivity contribution in [3.8, 4) is 6.07 Å². The maximum absolute atomic E-state index is 11.2. The Kier molecular flexibility index (Phi) is 3.15. The Morgan fingerprint density at radius 1 is 1.64 bits per heavy atom. The number of nitrogens with one attached hydrogen (secondary N) is 1. The molecule has 1 heterocycles. The zero-order chi connectivity index (χ0) is 10.6. The van der Waals surface area contributed by atoms with Crippen LogP contribution in [-0.4, -0.2) is 18.0 Å². The van der Waals surface area contributed by atoms with Crippen molar-refractivity contribution in [2.24, 2.45) is 0 Å². The van der Waals surface area contributed by atoms with Crippen LogP contribution in [0.5, 0.6) is 0 Å². The van der Waals surface area contributed by atoms with Crippen molar-refractivity contribution in [2.75, 3.05) is 7.11 Å². The van der Waals surface area contributed by atoms with Gasteiger partial charge in [-0.1, -0.05) is 0 Å². The summed E-state index contributed by atoms with van der Waals surface area (Å²) in [4.78, 5) is 19.6. The number of aryl methyl sites for hydroxylation is 1. The van der Waals surface area contributed by atoms with Crippen LogP contribution in [0.15, 0.2) is 12.1 Å². The quantitative estimate of drug-likeness (QED) is 0.693. The molecule has 0 aromatic carbocycles. The van der Waals surface area contributed by atoms with Gasteiger partial charge in [-0.25, -0.2) is 10.5 Å². The highest BCUT2D eigenvalue weighted by Gasteiger charge is 2.08. The fourth-order valence-electron chi connectivity index (χ4n) is 0.951. The molecule has 0 unspecified atom stereocenters. The van der Waals surface area contributed by atoms with Crippen LogP contribution < -0.4 is 5.48 Å². The summed E-state index contributed by atoms with van der Waals surface area (Å²) < 4.78 is 0. The number of carbonyl (C=O) groups excluding carboxylic acids is 1. The molecular formula is C9H9N3O2. The number of carbonyl (C=O) groups is 1. The first-order chi connectivity index (χ1) is 6.69. The molecule has 1 aromatic rings. The van der Waals surface area contributed by atoms with Crippen molar-refractivity contribution in [3.05, 3.63) is 29.1 Å². The predicted octanol–water partition coefficient (Wildman–Crippen LogP) is 0.553. The maximum atomic E-state index is 11.2. The van der Waals surface area contributed by atoms with Gasteiger partial charge >= 0.3 is 0 Å². The van der Waals surface area contributed by atoms with E-state index in [0.717, 1.165) is 0 Å². The zero-order valence-corrected chi connectivity index (χ0v) is 7.87. The zero-order valence-electron chi connectivity index (χ0n) is 7.87. The lowest BCUT2D eigenvalue weighted by Gasteiger charge is -2.02. The third kappa shape index (κ3) is 2.06. The van der Waals surface area contributed by atoms with Crippen LogP contribution in [0.3, 0.4) is 0 Å². The van der Waals surface area contributed by atoms with Gasteiger partial charge in [0.2, 0.25) is 0 Å². The number of hydrogen-bond acceptors (Lipinski definition) is 4. The molecule has 1 rings (SSSR count). The second-order valence-corrected chi connectivity index (χ2v) is 2.58.